The number of nitrogens with two attached hydrogens (primary N) is 1. The van der Waals surface area contributed by atoms with Gasteiger partial charge in [0.05, 0.1) is 12.6 Å². The average molecular weight is 365 g/mol. The summed E-state index contributed by atoms with van der Waals surface area (Å²) in [5.41, 5.74) is 6.71. The second-order valence-electron chi connectivity index (χ2n) is 6.57. The van der Waals surface area contributed by atoms with E-state index in [0.29, 0.717) is 0 Å². The van der Waals surface area contributed by atoms with Crippen LogP contribution in [-0.2, 0) is 20.8 Å². The number of amides is 2. The minimum atomic E-state index is -1.27. The van der Waals surface area contributed by atoms with Crippen LogP contribution in [-0.4, -0.2) is 52.7 Å². The maximum atomic E-state index is 12.2. The molecule has 0 spiro atoms. The summed E-state index contributed by atoms with van der Waals surface area (Å²) in [4.78, 5) is 35.6. The number of carbonyl (C=O) groups excluding carboxylic acids is 2. The van der Waals surface area contributed by atoms with Crippen LogP contribution in [0.15, 0.2) is 30.3 Å². The standard InChI is InChI=1S/C18H27N3O5/c1-11(2)8-14(18(25)26)20-17(24)15(10-22)21-16(23)13(19)9-12-6-4-3-5-7-12/h3-7,11,13-15,22H,8-10,19H2,1-2H3,(H,20,24)(H,21,23)(H,25,26)/t13-,14-,15-/m0/s1. The highest BCUT2D eigenvalue weighted by atomic mass is 16.4. The Balaban J connectivity index is 2.64. The van der Waals surface area contributed by atoms with Gasteiger partial charge in [-0.2, -0.15) is 0 Å². The lowest BCUT2D eigenvalue weighted by molar-refractivity contribution is -0.143. The largest absolute Gasteiger partial charge is 0.480 e. The third-order valence-corrected chi connectivity index (χ3v) is 3.77. The highest BCUT2D eigenvalue weighted by Crippen LogP contribution is 2.06. The van der Waals surface area contributed by atoms with Crippen LogP contribution in [0.3, 0.4) is 0 Å². The molecule has 144 valence electrons. The molecule has 26 heavy (non-hydrogen) atoms. The molecule has 0 bridgehead atoms. The summed E-state index contributed by atoms with van der Waals surface area (Å²) in [5.74, 6) is -2.48. The smallest absolute Gasteiger partial charge is 0.326 e. The van der Waals surface area contributed by atoms with Gasteiger partial charge in [-0.05, 0) is 24.3 Å². The molecular formula is C18H27N3O5. The van der Waals surface area contributed by atoms with Crippen molar-refractivity contribution in [3.8, 4) is 0 Å². The molecule has 0 aliphatic heterocycles. The molecular weight excluding hydrogens is 338 g/mol. The van der Waals surface area contributed by atoms with Crippen LogP contribution >= 0.6 is 0 Å². The summed E-state index contributed by atoms with van der Waals surface area (Å²) < 4.78 is 0. The van der Waals surface area contributed by atoms with Gasteiger partial charge in [0.15, 0.2) is 0 Å². The molecule has 0 unspecified atom stereocenters. The van der Waals surface area contributed by atoms with E-state index >= 15 is 0 Å². The van der Waals surface area contributed by atoms with E-state index in [-0.39, 0.29) is 18.8 Å². The molecule has 8 heteroatoms. The molecule has 0 saturated carbocycles. The van der Waals surface area contributed by atoms with Gasteiger partial charge in [-0.3, -0.25) is 9.59 Å². The highest BCUT2D eigenvalue weighted by molar-refractivity contribution is 5.91. The summed E-state index contributed by atoms with van der Waals surface area (Å²) >= 11 is 0. The molecule has 0 fully saturated rings. The summed E-state index contributed by atoms with van der Waals surface area (Å²) in [7, 11) is 0. The molecule has 6 N–H and O–H groups in total. The molecule has 1 aromatic carbocycles. The van der Waals surface area contributed by atoms with Crippen molar-refractivity contribution in [1.82, 2.24) is 10.6 Å². The average Bonchev–Trinajstić information content (AvgIpc) is 2.58. The van der Waals surface area contributed by atoms with Crippen LogP contribution in [0.1, 0.15) is 25.8 Å². The number of hydrogen-bond donors (Lipinski definition) is 5. The quantitative estimate of drug-likeness (QED) is 0.384. The molecule has 1 aromatic rings. The number of aliphatic carboxylic acids is 1. The van der Waals surface area contributed by atoms with Crippen molar-refractivity contribution in [1.29, 1.82) is 0 Å². The second-order valence-corrected chi connectivity index (χ2v) is 6.57. The van der Waals surface area contributed by atoms with Crippen LogP contribution in [0.5, 0.6) is 0 Å². The van der Waals surface area contributed by atoms with Crippen LogP contribution in [0, 0.1) is 5.92 Å². The molecule has 8 nitrogen and oxygen atoms in total. The first-order valence-electron chi connectivity index (χ1n) is 8.48. The van der Waals surface area contributed by atoms with Crippen molar-refractivity contribution in [2.75, 3.05) is 6.61 Å². The Hall–Kier alpha value is -2.45. The van der Waals surface area contributed by atoms with Gasteiger partial charge in [-0.25, -0.2) is 4.79 Å². The van der Waals surface area contributed by atoms with Crippen LogP contribution in [0.25, 0.3) is 0 Å². The zero-order valence-corrected chi connectivity index (χ0v) is 15.0. The van der Waals surface area contributed by atoms with Crippen molar-refractivity contribution in [3.05, 3.63) is 35.9 Å². The number of benzene rings is 1. The lowest BCUT2D eigenvalue weighted by Gasteiger charge is -2.22. The van der Waals surface area contributed by atoms with Crippen molar-refractivity contribution >= 4 is 17.8 Å². The Morgan fingerprint density at radius 1 is 1.04 bits per heavy atom. The van der Waals surface area contributed by atoms with E-state index in [2.05, 4.69) is 10.6 Å². The third kappa shape index (κ3) is 7.20. The fourth-order valence-electron chi connectivity index (χ4n) is 2.40. The zero-order chi connectivity index (χ0) is 19.7. The Kier molecular flexibility index (Phi) is 8.74. The Morgan fingerprint density at radius 2 is 1.62 bits per heavy atom. The topological polar surface area (TPSA) is 142 Å². The van der Waals surface area contributed by atoms with Gasteiger partial charge in [0, 0.05) is 0 Å². The number of hydrogen-bond acceptors (Lipinski definition) is 5. The van der Waals surface area contributed by atoms with Crippen molar-refractivity contribution in [2.24, 2.45) is 11.7 Å². The number of carboxylic acid groups (broad SMARTS) is 1. The first kappa shape index (κ1) is 21.6. The van der Waals surface area contributed by atoms with Gasteiger partial charge in [0.25, 0.3) is 0 Å². The van der Waals surface area contributed by atoms with Crippen molar-refractivity contribution in [2.45, 2.75) is 44.8 Å². The van der Waals surface area contributed by atoms with Gasteiger partial charge in [-0.1, -0.05) is 44.2 Å². The normalized spacial score (nSPS) is 14.3. The number of carboxylic acids is 1. The van der Waals surface area contributed by atoms with E-state index < -0.39 is 42.5 Å². The van der Waals surface area contributed by atoms with Gasteiger partial charge in [-0.15, -0.1) is 0 Å². The molecule has 0 heterocycles. The molecule has 0 radical (unpaired) electrons. The number of carbonyl (C=O) groups is 3. The number of aliphatic hydroxyl groups excluding tert-OH is 1. The summed E-state index contributed by atoms with van der Waals surface area (Å²) in [6.07, 6.45) is 0.512. The van der Waals surface area contributed by atoms with Crippen LogP contribution in [0.2, 0.25) is 0 Å². The lowest BCUT2D eigenvalue weighted by atomic mass is 10.0. The Bertz CT molecular complexity index is 606. The Morgan fingerprint density at radius 3 is 2.12 bits per heavy atom. The van der Waals surface area contributed by atoms with E-state index in [1.165, 1.54) is 0 Å². The molecule has 0 aliphatic rings. The SMILES string of the molecule is CC(C)C[C@H](NC(=O)[C@H](CO)NC(=O)[C@@H](N)Cc1ccccc1)C(=O)O. The molecule has 0 saturated heterocycles. The van der Waals surface area contributed by atoms with E-state index in [0.717, 1.165) is 5.56 Å². The van der Waals surface area contributed by atoms with Crippen LogP contribution < -0.4 is 16.4 Å². The predicted octanol–water partition coefficient (Wildman–Crippen LogP) is -0.351. The molecule has 3 atom stereocenters. The Labute approximate surface area is 152 Å². The summed E-state index contributed by atoms with van der Waals surface area (Å²) in [5, 5.41) is 23.3. The third-order valence-electron chi connectivity index (χ3n) is 3.77. The number of nitrogens with one attached hydrogen (secondary N) is 2. The molecule has 2 amide bonds. The predicted molar refractivity (Wildman–Crippen MR) is 96.2 cm³/mol. The van der Waals surface area contributed by atoms with Crippen molar-refractivity contribution < 1.29 is 24.6 Å². The second kappa shape index (κ2) is 10.5. The van der Waals surface area contributed by atoms with Gasteiger partial charge in [0.2, 0.25) is 11.8 Å². The lowest BCUT2D eigenvalue weighted by Crippen LogP contribution is -2.56. The first-order valence-corrected chi connectivity index (χ1v) is 8.48. The van der Waals surface area contributed by atoms with E-state index in [9.17, 15) is 24.6 Å². The van der Waals surface area contributed by atoms with Gasteiger partial charge >= 0.3 is 5.97 Å². The zero-order valence-electron chi connectivity index (χ0n) is 15.0. The summed E-state index contributed by atoms with van der Waals surface area (Å²) in [6.45, 7) is 3.00. The van der Waals surface area contributed by atoms with Crippen LogP contribution in [0.4, 0.5) is 0 Å². The van der Waals surface area contributed by atoms with E-state index in [4.69, 9.17) is 5.73 Å². The molecule has 0 aromatic heterocycles. The summed E-state index contributed by atoms with van der Waals surface area (Å²) in [6, 6.07) is 5.89. The van der Waals surface area contributed by atoms with E-state index in [1.807, 2.05) is 44.2 Å². The minimum Gasteiger partial charge on any atom is -0.480 e. The fourth-order valence-corrected chi connectivity index (χ4v) is 2.40. The highest BCUT2D eigenvalue weighted by Gasteiger charge is 2.27. The fraction of sp³-hybridized carbons (Fsp3) is 0.500. The maximum Gasteiger partial charge on any atom is 0.326 e. The minimum absolute atomic E-state index is 0.0536. The van der Waals surface area contributed by atoms with E-state index in [1.54, 1.807) is 0 Å². The monoisotopic (exact) mass is 365 g/mol. The van der Waals surface area contributed by atoms with Gasteiger partial charge < -0.3 is 26.6 Å². The molecule has 0 aliphatic carbocycles. The molecule has 1 rings (SSSR count). The first-order chi connectivity index (χ1) is 12.2. The van der Waals surface area contributed by atoms with Crippen molar-refractivity contribution in [3.63, 3.8) is 0 Å². The number of rotatable bonds is 10. The van der Waals surface area contributed by atoms with Gasteiger partial charge in [0.1, 0.15) is 12.1 Å². The maximum absolute atomic E-state index is 12.2. The number of aliphatic hydroxyl groups is 1.